The van der Waals surface area contributed by atoms with Crippen molar-refractivity contribution < 1.29 is 9.53 Å². The van der Waals surface area contributed by atoms with Gasteiger partial charge in [0.15, 0.2) is 0 Å². The summed E-state index contributed by atoms with van der Waals surface area (Å²) in [5.41, 5.74) is 0.953. The van der Waals surface area contributed by atoms with E-state index in [0.29, 0.717) is 23.7 Å². The first kappa shape index (κ1) is 16.4. The number of rotatable bonds is 7. The van der Waals surface area contributed by atoms with Gasteiger partial charge in [-0.25, -0.2) is 9.78 Å². The van der Waals surface area contributed by atoms with E-state index < -0.39 is 0 Å². The number of esters is 1. The lowest BCUT2D eigenvalue weighted by atomic mass is 10.2. The Morgan fingerprint density at radius 1 is 1.62 bits per heavy atom. The standard InChI is InChI=1S/C15H25N3O2S/c1-4-20-15(19)14-17-13(10-21-14)9-18(11(2)3)8-12-6-5-7-16-12/h10-12,16H,4-9H2,1-3H3. The summed E-state index contributed by atoms with van der Waals surface area (Å²) in [4.78, 5) is 18.5. The average molecular weight is 311 g/mol. The molecule has 1 saturated heterocycles. The van der Waals surface area contributed by atoms with Crippen LogP contribution in [0, 0.1) is 0 Å². The van der Waals surface area contributed by atoms with Gasteiger partial charge in [-0.3, -0.25) is 4.90 Å². The molecule has 2 heterocycles. The highest BCUT2D eigenvalue weighted by molar-refractivity contribution is 7.11. The summed E-state index contributed by atoms with van der Waals surface area (Å²) in [6, 6.07) is 1.04. The molecule has 1 fully saturated rings. The summed E-state index contributed by atoms with van der Waals surface area (Å²) < 4.78 is 4.99. The van der Waals surface area contributed by atoms with Gasteiger partial charge in [-0.15, -0.1) is 11.3 Å². The maximum absolute atomic E-state index is 11.7. The summed E-state index contributed by atoms with van der Waals surface area (Å²) in [6.07, 6.45) is 2.51. The van der Waals surface area contributed by atoms with E-state index in [0.717, 1.165) is 25.3 Å². The first-order valence-electron chi connectivity index (χ1n) is 7.69. The smallest absolute Gasteiger partial charge is 0.367 e. The van der Waals surface area contributed by atoms with Crippen LogP contribution in [0.1, 0.15) is 49.1 Å². The number of carbonyl (C=O) groups excluding carboxylic acids is 1. The minimum atomic E-state index is -0.317. The first-order valence-corrected chi connectivity index (χ1v) is 8.57. The van der Waals surface area contributed by atoms with Gasteiger partial charge in [0.25, 0.3) is 0 Å². The lowest BCUT2D eigenvalue weighted by Gasteiger charge is -2.28. The van der Waals surface area contributed by atoms with Gasteiger partial charge >= 0.3 is 5.97 Å². The molecule has 0 amide bonds. The fraction of sp³-hybridized carbons (Fsp3) is 0.733. The number of ether oxygens (including phenoxy) is 1. The maximum atomic E-state index is 11.7. The molecular formula is C15H25N3O2S. The molecule has 21 heavy (non-hydrogen) atoms. The lowest BCUT2D eigenvalue weighted by Crippen LogP contribution is -2.40. The Labute approximate surface area is 130 Å². The molecule has 1 aromatic heterocycles. The zero-order valence-corrected chi connectivity index (χ0v) is 13.9. The molecule has 1 unspecified atom stereocenters. The maximum Gasteiger partial charge on any atom is 0.367 e. The van der Waals surface area contributed by atoms with Gasteiger partial charge < -0.3 is 10.1 Å². The van der Waals surface area contributed by atoms with Crippen molar-refractivity contribution in [3.05, 3.63) is 16.1 Å². The van der Waals surface area contributed by atoms with Crippen LogP contribution in [0.4, 0.5) is 0 Å². The van der Waals surface area contributed by atoms with Crippen LogP contribution in [0.3, 0.4) is 0 Å². The largest absolute Gasteiger partial charge is 0.461 e. The van der Waals surface area contributed by atoms with E-state index in [4.69, 9.17) is 4.74 Å². The normalized spacial score (nSPS) is 18.6. The van der Waals surface area contributed by atoms with Gasteiger partial charge in [0.1, 0.15) is 0 Å². The summed E-state index contributed by atoms with van der Waals surface area (Å²) in [6.45, 7) is 9.54. The molecule has 1 aliphatic heterocycles. The molecule has 0 spiro atoms. The number of carbonyl (C=O) groups is 1. The van der Waals surface area contributed by atoms with Gasteiger partial charge in [-0.05, 0) is 40.2 Å². The van der Waals surface area contributed by atoms with Crippen molar-refractivity contribution in [1.29, 1.82) is 0 Å². The van der Waals surface area contributed by atoms with Crippen molar-refractivity contribution in [3.8, 4) is 0 Å². The third-order valence-electron chi connectivity index (χ3n) is 3.71. The molecule has 0 bridgehead atoms. The van der Waals surface area contributed by atoms with E-state index in [2.05, 4.69) is 29.0 Å². The molecular weight excluding hydrogens is 286 g/mol. The fourth-order valence-electron chi connectivity index (χ4n) is 2.53. The van der Waals surface area contributed by atoms with Crippen LogP contribution in [-0.2, 0) is 11.3 Å². The Bertz CT molecular complexity index is 456. The van der Waals surface area contributed by atoms with Crippen LogP contribution in [0.2, 0.25) is 0 Å². The van der Waals surface area contributed by atoms with Crippen LogP contribution in [0.15, 0.2) is 5.38 Å². The molecule has 1 N–H and O–H groups in total. The van der Waals surface area contributed by atoms with Crippen LogP contribution >= 0.6 is 11.3 Å². The molecule has 6 heteroatoms. The molecule has 5 nitrogen and oxygen atoms in total. The number of nitrogens with zero attached hydrogens (tertiary/aromatic N) is 2. The van der Waals surface area contributed by atoms with Gasteiger partial charge in [-0.1, -0.05) is 0 Å². The molecule has 0 aliphatic carbocycles. The number of aromatic nitrogens is 1. The quantitative estimate of drug-likeness (QED) is 0.783. The summed E-state index contributed by atoms with van der Waals surface area (Å²) in [5.74, 6) is -0.317. The molecule has 1 aromatic rings. The predicted molar refractivity (Wildman–Crippen MR) is 84.6 cm³/mol. The van der Waals surface area contributed by atoms with Gasteiger partial charge in [0, 0.05) is 30.6 Å². The van der Waals surface area contributed by atoms with Crippen molar-refractivity contribution in [2.24, 2.45) is 0 Å². The van der Waals surface area contributed by atoms with Crippen molar-refractivity contribution >= 4 is 17.3 Å². The molecule has 1 atom stereocenters. The molecule has 0 saturated carbocycles. The highest BCUT2D eigenvalue weighted by atomic mass is 32.1. The Balaban J connectivity index is 1.94. The van der Waals surface area contributed by atoms with Crippen molar-refractivity contribution in [2.75, 3.05) is 19.7 Å². The number of hydrogen-bond donors (Lipinski definition) is 1. The summed E-state index contributed by atoms with van der Waals surface area (Å²) in [5, 5.41) is 5.95. The fourth-order valence-corrected chi connectivity index (χ4v) is 3.23. The van der Waals surface area contributed by atoms with Crippen molar-refractivity contribution in [1.82, 2.24) is 15.2 Å². The average Bonchev–Trinajstić information content (AvgIpc) is 3.09. The molecule has 2 rings (SSSR count). The minimum absolute atomic E-state index is 0.317. The van der Waals surface area contributed by atoms with E-state index >= 15 is 0 Å². The van der Waals surface area contributed by atoms with Crippen LogP contribution < -0.4 is 5.32 Å². The molecule has 1 aliphatic rings. The SMILES string of the molecule is CCOC(=O)c1nc(CN(CC2CCCN2)C(C)C)cs1. The van der Waals surface area contributed by atoms with E-state index in [-0.39, 0.29) is 5.97 Å². The second-order valence-electron chi connectivity index (χ2n) is 5.68. The third-order valence-corrected chi connectivity index (χ3v) is 4.59. The zero-order valence-electron chi connectivity index (χ0n) is 13.1. The van der Waals surface area contributed by atoms with Gasteiger partial charge in [0.2, 0.25) is 5.01 Å². The highest BCUT2D eigenvalue weighted by Crippen LogP contribution is 2.16. The van der Waals surface area contributed by atoms with Gasteiger partial charge in [0.05, 0.1) is 12.3 Å². The van der Waals surface area contributed by atoms with Crippen molar-refractivity contribution in [3.63, 3.8) is 0 Å². The summed E-state index contributed by atoms with van der Waals surface area (Å²) in [7, 11) is 0. The second kappa shape index (κ2) is 7.87. The van der Waals surface area contributed by atoms with E-state index in [1.807, 2.05) is 12.3 Å². The van der Waals surface area contributed by atoms with E-state index in [1.54, 1.807) is 0 Å². The Kier molecular flexibility index (Phi) is 6.14. The molecule has 118 valence electrons. The van der Waals surface area contributed by atoms with Crippen LogP contribution in [0.5, 0.6) is 0 Å². The topological polar surface area (TPSA) is 54.5 Å². The number of hydrogen-bond acceptors (Lipinski definition) is 6. The predicted octanol–water partition coefficient (Wildman–Crippen LogP) is 2.28. The zero-order chi connectivity index (χ0) is 15.2. The van der Waals surface area contributed by atoms with Gasteiger partial charge in [-0.2, -0.15) is 0 Å². The number of nitrogens with one attached hydrogen (secondary N) is 1. The minimum Gasteiger partial charge on any atom is -0.461 e. The monoisotopic (exact) mass is 311 g/mol. The Hall–Kier alpha value is -0.980. The Morgan fingerprint density at radius 2 is 2.43 bits per heavy atom. The second-order valence-corrected chi connectivity index (χ2v) is 6.54. The molecule has 0 aromatic carbocycles. The third kappa shape index (κ3) is 4.76. The lowest BCUT2D eigenvalue weighted by molar-refractivity contribution is 0.0525. The van der Waals surface area contributed by atoms with E-state index in [1.165, 1.54) is 24.2 Å². The molecule has 0 radical (unpaired) electrons. The first-order chi connectivity index (χ1) is 10.1. The van der Waals surface area contributed by atoms with Crippen LogP contribution in [-0.4, -0.2) is 47.6 Å². The van der Waals surface area contributed by atoms with Crippen LogP contribution in [0.25, 0.3) is 0 Å². The Morgan fingerprint density at radius 3 is 3.05 bits per heavy atom. The summed E-state index contributed by atoms with van der Waals surface area (Å²) >= 11 is 1.37. The number of thiazole rings is 1. The highest BCUT2D eigenvalue weighted by Gasteiger charge is 2.21. The van der Waals surface area contributed by atoms with Crippen molar-refractivity contribution in [2.45, 2.75) is 52.2 Å². The van der Waals surface area contributed by atoms with E-state index in [9.17, 15) is 4.79 Å².